The van der Waals surface area contributed by atoms with E-state index in [9.17, 15) is 22.8 Å². The van der Waals surface area contributed by atoms with E-state index in [0.717, 1.165) is 11.6 Å². The Morgan fingerprint density at radius 2 is 1.86 bits per heavy atom. The third-order valence-corrected chi connectivity index (χ3v) is 3.83. The minimum Gasteiger partial charge on any atom is -0.367 e. The Labute approximate surface area is 170 Å². The molecular formula is C19H18ClF3N4O2. The third kappa shape index (κ3) is 7.11. The Balaban J connectivity index is 1.94. The fraction of sp³-hybridized carbons (Fsp3) is 0.211. The van der Waals surface area contributed by atoms with Gasteiger partial charge in [0.05, 0.1) is 10.6 Å². The number of hydrogen-bond acceptors (Lipinski definition) is 4. The molecule has 10 heteroatoms. The summed E-state index contributed by atoms with van der Waals surface area (Å²) in [6.45, 7) is 1.55. The normalized spacial score (nSPS) is 11.7. The monoisotopic (exact) mass is 426 g/mol. The summed E-state index contributed by atoms with van der Waals surface area (Å²) >= 11 is 5.81. The number of pyridine rings is 1. The summed E-state index contributed by atoms with van der Waals surface area (Å²) in [6, 6.07) is 9.72. The van der Waals surface area contributed by atoms with Crippen LogP contribution in [0.5, 0.6) is 0 Å². The number of aromatic nitrogens is 1. The lowest BCUT2D eigenvalue weighted by Crippen LogP contribution is -2.36. The van der Waals surface area contributed by atoms with Gasteiger partial charge >= 0.3 is 6.18 Å². The minimum absolute atomic E-state index is 0.0642. The topological polar surface area (TPSA) is 83.1 Å². The first kappa shape index (κ1) is 22.2. The zero-order chi connectivity index (χ0) is 21.4. The molecule has 2 aromatic rings. The SMILES string of the molecule is CC(=O)N/C(=C\c1ccccc1)C(=O)NCCNc1ncc(C(F)(F)F)cc1Cl. The van der Waals surface area contributed by atoms with E-state index >= 15 is 0 Å². The van der Waals surface area contributed by atoms with Gasteiger partial charge in [-0.2, -0.15) is 13.2 Å². The quantitative estimate of drug-likeness (QED) is 0.467. The van der Waals surface area contributed by atoms with Crippen LogP contribution in [0.1, 0.15) is 18.1 Å². The molecular weight excluding hydrogens is 409 g/mol. The number of alkyl halides is 3. The molecule has 0 atom stereocenters. The highest BCUT2D eigenvalue weighted by Gasteiger charge is 2.31. The highest BCUT2D eigenvalue weighted by molar-refractivity contribution is 6.32. The van der Waals surface area contributed by atoms with Gasteiger partial charge in [-0.1, -0.05) is 41.9 Å². The van der Waals surface area contributed by atoms with Crippen LogP contribution in [0.2, 0.25) is 5.02 Å². The molecule has 2 amide bonds. The van der Waals surface area contributed by atoms with Crippen LogP contribution in [0.3, 0.4) is 0 Å². The molecule has 1 heterocycles. The smallest absolute Gasteiger partial charge is 0.367 e. The first-order chi connectivity index (χ1) is 13.7. The summed E-state index contributed by atoms with van der Waals surface area (Å²) in [7, 11) is 0. The fourth-order valence-electron chi connectivity index (χ4n) is 2.24. The van der Waals surface area contributed by atoms with E-state index in [2.05, 4.69) is 20.9 Å². The molecule has 1 aromatic heterocycles. The average molecular weight is 427 g/mol. The highest BCUT2D eigenvalue weighted by atomic mass is 35.5. The van der Waals surface area contributed by atoms with Crippen LogP contribution in [0, 0.1) is 0 Å². The number of nitrogens with one attached hydrogen (secondary N) is 3. The molecule has 0 aliphatic heterocycles. The fourth-order valence-corrected chi connectivity index (χ4v) is 2.47. The maximum Gasteiger partial charge on any atom is 0.417 e. The predicted molar refractivity (Wildman–Crippen MR) is 104 cm³/mol. The summed E-state index contributed by atoms with van der Waals surface area (Å²) < 4.78 is 37.8. The first-order valence-electron chi connectivity index (χ1n) is 8.46. The Morgan fingerprint density at radius 1 is 1.17 bits per heavy atom. The van der Waals surface area contributed by atoms with Crippen LogP contribution in [0.15, 0.2) is 48.3 Å². The van der Waals surface area contributed by atoms with E-state index in [1.807, 2.05) is 6.07 Å². The molecule has 29 heavy (non-hydrogen) atoms. The number of nitrogens with zero attached hydrogens (tertiary/aromatic N) is 1. The van der Waals surface area contributed by atoms with Gasteiger partial charge < -0.3 is 16.0 Å². The highest BCUT2D eigenvalue weighted by Crippen LogP contribution is 2.32. The molecule has 0 aliphatic rings. The van der Waals surface area contributed by atoms with Crippen molar-refractivity contribution in [3.8, 4) is 0 Å². The largest absolute Gasteiger partial charge is 0.417 e. The van der Waals surface area contributed by atoms with Gasteiger partial charge in [-0.25, -0.2) is 4.98 Å². The summed E-state index contributed by atoms with van der Waals surface area (Å²) in [4.78, 5) is 27.3. The van der Waals surface area contributed by atoms with Crippen molar-refractivity contribution in [2.45, 2.75) is 13.1 Å². The number of anilines is 1. The molecule has 0 bridgehead atoms. The lowest BCUT2D eigenvalue weighted by atomic mass is 10.2. The number of hydrogen-bond donors (Lipinski definition) is 3. The molecule has 0 spiro atoms. The second kappa shape index (κ2) is 9.92. The predicted octanol–water partition coefficient (Wildman–Crippen LogP) is 3.46. The number of amides is 2. The Bertz CT molecular complexity index is 902. The van der Waals surface area contributed by atoms with E-state index in [1.54, 1.807) is 24.3 Å². The molecule has 3 N–H and O–H groups in total. The van der Waals surface area contributed by atoms with Gasteiger partial charge in [-0.3, -0.25) is 9.59 Å². The van der Waals surface area contributed by atoms with Crippen LogP contribution < -0.4 is 16.0 Å². The standard InChI is InChI=1S/C19H18ClF3N4O2/c1-12(28)27-16(9-13-5-3-2-4-6-13)18(29)25-8-7-24-17-15(20)10-14(11-26-17)19(21,22)23/h2-6,9-11H,7-8H2,1H3,(H,24,26)(H,25,29)(H,27,28)/b16-9-. The number of benzene rings is 1. The van der Waals surface area contributed by atoms with Crippen molar-refractivity contribution in [3.63, 3.8) is 0 Å². The zero-order valence-corrected chi connectivity index (χ0v) is 16.1. The lowest BCUT2D eigenvalue weighted by Gasteiger charge is -2.12. The molecule has 0 saturated heterocycles. The second-order valence-electron chi connectivity index (χ2n) is 5.88. The Morgan fingerprint density at radius 3 is 2.45 bits per heavy atom. The van der Waals surface area contributed by atoms with E-state index in [0.29, 0.717) is 6.20 Å². The molecule has 0 unspecified atom stereocenters. The summed E-state index contributed by atoms with van der Waals surface area (Å²) in [5, 5.41) is 7.62. The molecule has 1 aromatic carbocycles. The summed E-state index contributed by atoms with van der Waals surface area (Å²) in [6.07, 6.45) is -2.34. The molecule has 0 radical (unpaired) electrons. The number of halogens is 4. The molecule has 2 rings (SSSR count). The van der Waals surface area contributed by atoms with E-state index in [1.165, 1.54) is 13.0 Å². The van der Waals surface area contributed by atoms with E-state index < -0.39 is 23.6 Å². The van der Waals surface area contributed by atoms with Crippen molar-refractivity contribution < 1.29 is 22.8 Å². The zero-order valence-electron chi connectivity index (χ0n) is 15.3. The molecule has 6 nitrogen and oxygen atoms in total. The van der Waals surface area contributed by atoms with E-state index in [4.69, 9.17) is 11.6 Å². The first-order valence-corrected chi connectivity index (χ1v) is 8.84. The van der Waals surface area contributed by atoms with Crippen LogP contribution in [0.25, 0.3) is 6.08 Å². The van der Waals surface area contributed by atoms with E-state index in [-0.39, 0.29) is 29.6 Å². The number of carbonyl (C=O) groups excluding carboxylic acids is 2. The molecule has 154 valence electrons. The van der Waals surface area contributed by atoms with Crippen molar-refractivity contribution in [1.29, 1.82) is 0 Å². The average Bonchev–Trinajstić information content (AvgIpc) is 2.65. The minimum atomic E-state index is -4.53. The van der Waals surface area contributed by atoms with Crippen molar-refractivity contribution in [3.05, 3.63) is 64.4 Å². The molecule has 0 aliphatic carbocycles. The maximum absolute atomic E-state index is 12.6. The Kier molecular flexibility index (Phi) is 7.60. The number of carbonyl (C=O) groups is 2. The Hall–Kier alpha value is -3.07. The van der Waals surface area contributed by atoms with Crippen molar-refractivity contribution in [2.24, 2.45) is 0 Å². The second-order valence-corrected chi connectivity index (χ2v) is 6.29. The summed E-state index contributed by atoms with van der Waals surface area (Å²) in [5.74, 6) is -0.852. The van der Waals surface area contributed by atoms with Gasteiger partial charge in [-0.15, -0.1) is 0 Å². The third-order valence-electron chi connectivity index (χ3n) is 3.54. The van der Waals surface area contributed by atoms with Gasteiger partial charge in [0.1, 0.15) is 11.5 Å². The lowest BCUT2D eigenvalue weighted by molar-refractivity contribution is -0.137. The van der Waals surface area contributed by atoms with Crippen LogP contribution in [0.4, 0.5) is 19.0 Å². The van der Waals surface area contributed by atoms with Crippen molar-refractivity contribution >= 4 is 35.3 Å². The van der Waals surface area contributed by atoms with Gasteiger partial charge in [0.25, 0.3) is 5.91 Å². The number of rotatable bonds is 7. The van der Waals surface area contributed by atoms with Gasteiger partial charge in [0, 0.05) is 26.2 Å². The van der Waals surface area contributed by atoms with Crippen molar-refractivity contribution in [2.75, 3.05) is 18.4 Å². The van der Waals surface area contributed by atoms with Gasteiger partial charge in [0.2, 0.25) is 5.91 Å². The summed E-state index contributed by atoms with van der Waals surface area (Å²) in [5.41, 5.74) is -0.160. The van der Waals surface area contributed by atoms with Crippen LogP contribution in [-0.4, -0.2) is 29.9 Å². The van der Waals surface area contributed by atoms with Crippen LogP contribution in [-0.2, 0) is 15.8 Å². The van der Waals surface area contributed by atoms with Gasteiger partial charge in [0.15, 0.2) is 0 Å². The van der Waals surface area contributed by atoms with Crippen molar-refractivity contribution in [1.82, 2.24) is 15.6 Å². The molecule has 0 saturated carbocycles. The maximum atomic E-state index is 12.6. The van der Waals surface area contributed by atoms with Gasteiger partial charge in [-0.05, 0) is 17.7 Å². The molecule has 0 fully saturated rings. The van der Waals surface area contributed by atoms with Crippen LogP contribution >= 0.6 is 11.6 Å².